The van der Waals surface area contributed by atoms with E-state index < -0.39 is 23.9 Å². The van der Waals surface area contributed by atoms with Crippen LogP contribution in [0.4, 0.5) is 17.6 Å². The molecule has 3 atom stereocenters. The van der Waals surface area contributed by atoms with E-state index in [1.165, 1.54) is 6.07 Å². The second-order valence-electron chi connectivity index (χ2n) is 9.96. The predicted molar refractivity (Wildman–Crippen MR) is 145 cm³/mol. The molecule has 0 saturated carbocycles. The van der Waals surface area contributed by atoms with Gasteiger partial charge in [0.05, 0.1) is 29.8 Å². The number of benzene rings is 2. The fourth-order valence-corrected chi connectivity index (χ4v) is 5.47. The Kier molecular flexibility index (Phi) is 9.54. The van der Waals surface area contributed by atoms with Gasteiger partial charge >= 0.3 is 12.1 Å². The largest absolute Gasteiger partial charge is 0.497 e. The topological polar surface area (TPSA) is 62.7 Å². The normalized spacial score (nSPS) is 18.6. The highest BCUT2D eigenvalue weighted by atomic mass is 35.5. The number of halogens is 5. The third-order valence-corrected chi connectivity index (χ3v) is 7.66. The van der Waals surface area contributed by atoms with Gasteiger partial charge in [-0.3, -0.25) is 14.7 Å². The molecule has 1 aliphatic rings. The van der Waals surface area contributed by atoms with Gasteiger partial charge in [-0.1, -0.05) is 23.4 Å². The van der Waals surface area contributed by atoms with E-state index in [0.29, 0.717) is 60.3 Å². The number of fused-ring (bicyclic) bond motifs is 1. The first-order chi connectivity index (χ1) is 19.0. The number of hydrogen-bond acceptors (Lipinski definition) is 4. The van der Waals surface area contributed by atoms with E-state index in [0.717, 1.165) is 12.1 Å². The lowest BCUT2D eigenvalue weighted by atomic mass is 9.79. The Hall–Kier alpha value is -3.35. The summed E-state index contributed by atoms with van der Waals surface area (Å²) in [4.78, 5) is 17.9. The van der Waals surface area contributed by atoms with Crippen molar-refractivity contribution in [2.45, 2.75) is 38.0 Å². The standard InChI is InChI=1S/C30H29ClF4N2O3/c1-40-23-7-9-28-25(17-23)24(10-12-36-28)27(32)8-5-19-11-14-37(18-21(19)15-29(38)39)13-2-3-20-4-6-22(16-26(20)31)30(33,34)35/h4,6-7,9-10,12,16-17,19,21,27H,5,8,11,13-15,18H2,1H3,(H,38,39)/t19-,21+,27+/m1/s1. The van der Waals surface area contributed by atoms with Crippen molar-refractivity contribution >= 4 is 28.5 Å². The molecule has 0 aliphatic carbocycles. The van der Waals surface area contributed by atoms with Crippen molar-refractivity contribution in [3.8, 4) is 17.6 Å². The average molecular weight is 577 g/mol. The quantitative estimate of drug-likeness (QED) is 0.227. The molecule has 0 unspecified atom stereocenters. The molecule has 2 heterocycles. The first-order valence-electron chi connectivity index (χ1n) is 12.9. The highest BCUT2D eigenvalue weighted by molar-refractivity contribution is 6.31. The fourth-order valence-electron chi connectivity index (χ4n) is 5.24. The number of carboxylic acids is 1. The number of piperidine rings is 1. The molecule has 1 N–H and O–H groups in total. The molecule has 0 amide bonds. The zero-order valence-corrected chi connectivity index (χ0v) is 22.6. The van der Waals surface area contributed by atoms with Crippen LogP contribution in [0, 0.1) is 23.7 Å². The van der Waals surface area contributed by atoms with Crippen molar-refractivity contribution in [1.29, 1.82) is 0 Å². The number of ether oxygens (including phenoxy) is 1. The summed E-state index contributed by atoms with van der Waals surface area (Å²) in [5, 5.41) is 10.1. The number of alkyl halides is 4. The summed E-state index contributed by atoms with van der Waals surface area (Å²) in [5.74, 6) is 5.32. The van der Waals surface area contributed by atoms with Crippen molar-refractivity contribution in [2.24, 2.45) is 11.8 Å². The summed E-state index contributed by atoms with van der Waals surface area (Å²) < 4.78 is 59.3. The first-order valence-corrected chi connectivity index (χ1v) is 13.3. The lowest BCUT2D eigenvalue weighted by Gasteiger charge is -2.37. The Morgan fingerprint density at radius 1 is 1.23 bits per heavy atom. The van der Waals surface area contributed by atoms with E-state index >= 15 is 4.39 Å². The van der Waals surface area contributed by atoms with Gasteiger partial charge in [0.1, 0.15) is 11.9 Å². The maximum Gasteiger partial charge on any atom is 0.416 e. The zero-order valence-electron chi connectivity index (χ0n) is 21.8. The second kappa shape index (κ2) is 12.9. The van der Waals surface area contributed by atoms with Gasteiger partial charge in [0.2, 0.25) is 0 Å². The Bertz CT molecular complexity index is 1420. The monoisotopic (exact) mass is 576 g/mol. The molecular formula is C30H29ClF4N2O3. The summed E-state index contributed by atoms with van der Waals surface area (Å²) in [6.45, 7) is 1.46. The number of likely N-dealkylation sites (tertiary alicyclic amines) is 1. The van der Waals surface area contributed by atoms with Gasteiger partial charge in [0, 0.05) is 30.1 Å². The molecular weight excluding hydrogens is 548 g/mol. The van der Waals surface area contributed by atoms with Crippen molar-refractivity contribution < 1.29 is 32.2 Å². The number of pyridine rings is 1. The van der Waals surface area contributed by atoms with Crippen molar-refractivity contribution in [2.75, 3.05) is 26.7 Å². The molecule has 4 rings (SSSR count). The molecule has 0 radical (unpaired) electrons. The maximum absolute atomic E-state index is 15.5. The van der Waals surface area contributed by atoms with Crippen LogP contribution in [0.3, 0.4) is 0 Å². The van der Waals surface area contributed by atoms with E-state index in [2.05, 4.69) is 16.8 Å². The van der Waals surface area contributed by atoms with E-state index in [1.54, 1.807) is 37.6 Å². The van der Waals surface area contributed by atoms with Gasteiger partial charge in [0.25, 0.3) is 0 Å². The van der Waals surface area contributed by atoms with Crippen LogP contribution in [0.1, 0.15) is 48.5 Å². The Morgan fingerprint density at radius 3 is 2.73 bits per heavy atom. The number of rotatable bonds is 8. The van der Waals surface area contributed by atoms with Crippen molar-refractivity contribution in [3.63, 3.8) is 0 Å². The lowest BCUT2D eigenvalue weighted by molar-refractivity contribution is -0.139. The van der Waals surface area contributed by atoms with Crippen molar-refractivity contribution in [3.05, 3.63) is 70.4 Å². The van der Waals surface area contributed by atoms with Gasteiger partial charge in [-0.2, -0.15) is 13.2 Å². The van der Waals surface area contributed by atoms with Gasteiger partial charge in [-0.25, -0.2) is 4.39 Å². The van der Waals surface area contributed by atoms with Crippen molar-refractivity contribution in [1.82, 2.24) is 9.88 Å². The number of aliphatic carboxylic acids is 1. The highest BCUT2D eigenvalue weighted by Gasteiger charge is 2.32. The van der Waals surface area contributed by atoms with Crippen LogP contribution < -0.4 is 4.74 Å². The van der Waals surface area contributed by atoms with Gasteiger partial charge in [0.15, 0.2) is 0 Å². The SMILES string of the molecule is COc1ccc2nccc([C@@H](F)CC[C@@H]3CCN(CC#Cc4ccc(C(F)(F)F)cc4Cl)C[C@@H]3CC(=O)O)c2c1. The van der Waals surface area contributed by atoms with Gasteiger partial charge < -0.3 is 9.84 Å². The number of carbonyl (C=O) groups is 1. The molecule has 5 nitrogen and oxygen atoms in total. The Morgan fingerprint density at radius 2 is 2.02 bits per heavy atom. The zero-order chi connectivity index (χ0) is 28.9. The molecule has 3 aromatic rings. The molecule has 40 heavy (non-hydrogen) atoms. The molecule has 10 heteroatoms. The molecule has 0 bridgehead atoms. The van der Waals surface area contributed by atoms with Gasteiger partial charge in [-0.05, 0) is 85.7 Å². The number of aromatic nitrogens is 1. The summed E-state index contributed by atoms with van der Waals surface area (Å²) >= 11 is 5.99. The molecule has 212 valence electrons. The molecule has 2 aromatic carbocycles. The van der Waals surface area contributed by atoms with E-state index in [4.69, 9.17) is 16.3 Å². The van der Waals surface area contributed by atoms with E-state index in [-0.39, 0.29) is 29.7 Å². The third kappa shape index (κ3) is 7.43. The van der Waals surface area contributed by atoms with E-state index in [9.17, 15) is 23.1 Å². The predicted octanol–water partition coefficient (Wildman–Crippen LogP) is 7.17. The summed E-state index contributed by atoms with van der Waals surface area (Å²) in [6.07, 6.45) is -2.69. The third-order valence-electron chi connectivity index (χ3n) is 7.35. The van der Waals surface area contributed by atoms with Crippen LogP contribution >= 0.6 is 11.6 Å². The maximum atomic E-state index is 15.5. The summed E-state index contributed by atoms with van der Waals surface area (Å²) in [5.41, 5.74) is 0.668. The summed E-state index contributed by atoms with van der Waals surface area (Å²) in [7, 11) is 1.55. The number of methoxy groups -OCH3 is 1. The van der Waals surface area contributed by atoms with Crippen LogP contribution in [-0.4, -0.2) is 47.7 Å². The molecule has 1 aliphatic heterocycles. The van der Waals surface area contributed by atoms with Crippen LogP contribution in [0.15, 0.2) is 48.7 Å². The van der Waals surface area contributed by atoms with E-state index in [1.807, 2.05) is 4.90 Å². The number of nitrogens with zero attached hydrogens (tertiary/aromatic N) is 2. The van der Waals surface area contributed by atoms with Crippen LogP contribution in [0.2, 0.25) is 5.02 Å². The minimum absolute atomic E-state index is 0.0329. The van der Waals surface area contributed by atoms with Crippen LogP contribution in [0.5, 0.6) is 5.75 Å². The second-order valence-corrected chi connectivity index (χ2v) is 10.4. The molecule has 1 fully saturated rings. The molecule has 0 spiro atoms. The Balaban J connectivity index is 1.38. The minimum Gasteiger partial charge on any atom is -0.497 e. The summed E-state index contributed by atoms with van der Waals surface area (Å²) in [6, 6.07) is 10.0. The highest BCUT2D eigenvalue weighted by Crippen LogP contribution is 2.36. The Labute approximate surface area is 235 Å². The smallest absolute Gasteiger partial charge is 0.416 e. The average Bonchev–Trinajstić information content (AvgIpc) is 2.91. The minimum atomic E-state index is -4.49. The fraction of sp³-hybridized carbons (Fsp3) is 0.400. The van der Waals surface area contributed by atoms with Gasteiger partial charge in [-0.15, -0.1) is 0 Å². The first kappa shape index (κ1) is 29.6. The number of carboxylic acid groups (broad SMARTS) is 1. The molecule has 1 aromatic heterocycles. The van der Waals surface area contributed by atoms with Crippen LogP contribution in [0.25, 0.3) is 10.9 Å². The molecule has 1 saturated heterocycles. The number of hydrogen-bond donors (Lipinski definition) is 1. The van der Waals surface area contributed by atoms with Crippen LogP contribution in [-0.2, 0) is 11.0 Å². The lowest BCUT2D eigenvalue weighted by Crippen LogP contribution is -2.41.